The van der Waals surface area contributed by atoms with Gasteiger partial charge in [-0.1, -0.05) is 84.2 Å². The highest BCUT2D eigenvalue weighted by atomic mass is 35.5. The van der Waals surface area contributed by atoms with Crippen LogP contribution in [0.25, 0.3) is 17.8 Å². The van der Waals surface area contributed by atoms with Crippen molar-refractivity contribution in [2.24, 2.45) is 0 Å². The van der Waals surface area contributed by atoms with Gasteiger partial charge in [0.2, 0.25) is 0 Å². The molecular formula is C27H22Cl3N3O3. The predicted octanol–water partition coefficient (Wildman–Crippen LogP) is 7.80. The molecule has 36 heavy (non-hydrogen) atoms. The molecule has 1 aromatic heterocycles. The Bertz CT molecular complexity index is 1430. The lowest BCUT2D eigenvalue weighted by Crippen LogP contribution is -2.09. The zero-order valence-corrected chi connectivity index (χ0v) is 21.7. The largest absolute Gasteiger partial charge is 0.487 e. The van der Waals surface area contributed by atoms with Crippen LogP contribution in [0.2, 0.25) is 15.1 Å². The summed E-state index contributed by atoms with van der Waals surface area (Å²) in [5.74, 6) is -0.300. The van der Waals surface area contributed by atoms with E-state index in [4.69, 9.17) is 44.6 Å². The molecule has 0 bridgehead atoms. The molecular weight excluding hydrogens is 521 g/mol. The predicted molar refractivity (Wildman–Crippen MR) is 144 cm³/mol. The quantitative estimate of drug-likeness (QED) is 0.230. The van der Waals surface area contributed by atoms with Gasteiger partial charge >= 0.3 is 5.97 Å². The minimum atomic E-state index is -0.973. The van der Waals surface area contributed by atoms with Crippen LogP contribution >= 0.6 is 34.8 Å². The summed E-state index contributed by atoms with van der Waals surface area (Å²) >= 11 is 19.3. The van der Waals surface area contributed by atoms with Gasteiger partial charge in [-0.2, -0.15) is 0 Å². The Hall–Kier alpha value is -3.32. The van der Waals surface area contributed by atoms with Gasteiger partial charge in [0.15, 0.2) is 0 Å². The summed E-state index contributed by atoms with van der Waals surface area (Å²) in [6, 6.07) is 17.3. The van der Waals surface area contributed by atoms with Crippen LogP contribution in [0.4, 0.5) is 0 Å². The van der Waals surface area contributed by atoms with Crippen molar-refractivity contribution >= 4 is 52.9 Å². The van der Waals surface area contributed by atoms with Crippen LogP contribution in [-0.4, -0.2) is 26.1 Å². The maximum absolute atomic E-state index is 11.2. The molecule has 6 nitrogen and oxygen atoms in total. The Kier molecular flexibility index (Phi) is 7.99. The molecule has 9 heteroatoms. The van der Waals surface area contributed by atoms with Gasteiger partial charge in [-0.05, 0) is 59.5 Å². The first-order valence-corrected chi connectivity index (χ1v) is 12.2. The number of aromatic carboxylic acids is 1. The van der Waals surface area contributed by atoms with Crippen molar-refractivity contribution < 1.29 is 14.6 Å². The second-order valence-electron chi connectivity index (χ2n) is 8.29. The van der Waals surface area contributed by atoms with Gasteiger partial charge in [-0.3, -0.25) is 0 Å². The van der Waals surface area contributed by atoms with Crippen molar-refractivity contribution in [3.05, 3.63) is 104 Å². The van der Waals surface area contributed by atoms with Crippen LogP contribution in [-0.2, 0) is 6.61 Å². The van der Waals surface area contributed by atoms with Crippen molar-refractivity contribution in [3.63, 3.8) is 0 Å². The fourth-order valence-corrected chi connectivity index (χ4v) is 4.40. The highest BCUT2D eigenvalue weighted by Crippen LogP contribution is 2.31. The summed E-state index contributed by atoms with van der Waals surface area (Å²) in [6.45, 7) is 4.22. The Morgan fingerprint density at radius 1 is 1.00 bits per heavy atom. The number of hydrogen-bond acceptors (Lipinski definition) is 4. The van der Waals surface area contributed by atoms with Gasteiger partial charge in [0.25, 0.3) is 0 Å². The topological polar surface area (TPSA) is 77.2 Å². The van der Waals surface area contributed by atoms with Crippen LogP contribution < -0.4 is 4.74 Å². The number of carboxylic acids is 1. The summed E-state index contributed by atoms with van der Waals surface area (Å²) in [7, 11) is 0. The molecule has 1 N–H and O–H groups in total. The van der Waals surface area contributed by atoms with E-state index in [0.29, 0.717) is 26.5 Å². The standard InChI is InChI=1S/C27H22Cl3N3O3/c1-16(2)25-24(33(32-31-25)26-21(28)7-4-8-22(26)29)15-36-20-12-11-18(23(30)14-20)10-9-17-5-3-6-19(13-17)27(34)35/h3-14,16H,15H2,1-2H3,(H,34,35). The molecule has 0 radical (unpaired) electrons. The summed E-state index contributed by atoms with van der Waals surface area (Å²) < 4.78 is 7.68. The average Bonchev–Trinajstić information content (AvgIpc) is 3.26. The zero-order valence-electron chi connectivity index (χ0n) is 19.5. The molecule has 4 rings (SSSR count). The lowest BCUT2D eigenvalue weighted by Gasteiger charge is -2.13. The number of para-hydroxylation sites is 1. The second-order valence-corrected chi connectivity index (χ2v) is 9.52. The lowest BCUT2D eigenvalue weighted by molar-refractivity contribution is 0.0697. The monoisotopic (exact) mass is 541 g/mol. The number of rotatable bonds is 8. The van der Waals surface area contributed by atoms with E-state index in [-0.39, 0.29) is 18.1 Å². The number of halogens is 3. The maximum Gasteiger partial charge on any atom is 0.335 e. The number of aromatic nitrogens is 3. The molecule has 3 aromatic carbocycles. The number of nitrogens with zero attached hydrogens (tertiary/aromatic N) is 3. The van der Waals surface area contributed by atoms with E-state index in [1.54, 1.807) is 53.2 Å². The molecule has 0 atom stereocenters. The number of ether oxygens (including phenoxy) is 1. The van der Waals surface area contributed by atoms with E-state index in [9.17, 15) is 4.79 Å². The minimum Gasteiger partial charge on any atom is -0.487 e. The Balaban J connectivity index is 1.55. The molecule has 0 aliphatic heterocycles. The number of carboxylic acid groups (broad SMARTS) is 1. The van der Waals surface area contributed by atoms with Gasteiger partial charge in [-0.25, -0.2) is 9.48 Å². The number of benzene rings is 3. The maximum atomic E-state index is 11.2. The fraction of sp³-hybridized carbons (Fsp3) is 0.148. The average molecular weight is 543 g/mol. The molecule has 1 heterocycles. The molecule has 0 amide bonds. The van der Waals surface area contributed by atoms with Gasteiger partial charge in [0.1, 0.15) is 23.7 Å². The summed E-state index contributed by atoms with van der Waals surface area (Å²) in [4.78, 5) is 11.2. The van der Waals surface area contributed by atoms with Crippen molar-refractivity contribution in [1.29, 1.82) is 0 Å². The molecule has 0 aliphatic carbocycles. The fourth-order valence-electron chi connectivity index (χ4n) is 3.61. The smallest absolute Gasteiger partial charge is 0.335 e. The first-order valence-electron chi connectivity index (χ1n) is 11.1. The van der Waals surface area contributed by atoms with Gasteiger partial charge in [0, 0.05) is 0 Å². The van der Waals surface area contributed by atoms with Crippen molar-refractivity contribution in [1.82, 2.24) is 15.0 Å². The third-order valence-corrected chi connectivity index (χ3v) is 6.36. The van der Waals surface area contributed by atoms with E-state index in [1.165, 1.54) is 0 Å². The SMILES string of the molecule is CC(C)c1nnn(-c2c(Cl)cccc2Cl)c1COc1ccc(C=Cc2cccc(C(=O)O)c2)c(Cl)c1. The third-order valence-electron chi connectivity index (χ3n) is 5.43. The normalized spacial score (nSPS) is 11.4. The third kappa shape index (κ3) is 5.73. The van der Waals surface area contributed by atoms with E-state index >= 15 is 0 Å². The molecule has 184 valence electrons. The molecule has 0 aliphatic rings. The lowest BCUT2D eigenvalue weighted by atomic mass is 10.1. The highest BCUT2D eigenvalue weighted by Gasteiger charge is 2.21. The van der Waals surface area contributed by atoms with Crippen LogP contribution in [0.3, 0.4) is 0 Å². The van der Waals surface area contributed by atoms with Crippen molar-refractivity contribution in [2.45, 2.75) is 26.4 Å². The van der Waals surface area contributed by atoms with E-state index in [1.807, 2.05) is 38.1 Å². The van der Waals surface area contributed by atoms with Gasteiger partial charge in [0.05, 0.1) is 26.3 Å². The molecule has 0 saturated carbocycles. The van der Waals surface area contributed by atoms with Gasteiger partial charge < -0.3 is 9.84 Å². The van der Waals surface area contributed by atoms with Crippen LogP contribution in [0, 0.1) is 0 Å². The van der Waals surface area contributed by atoms with Crippen LogP contribution in [0.15, 0.2) is 60.7 Å². The van der Waals surface area contributed by atoms with E-state index in [0.717, 1.165) is 22.5 Å². The molecule has 4 aromatic rings. The highest BCUT2D eigenvalue weighted by molar-refractivity contribution is 6.37. The molecule has 0 unspecified atom stereocenters. The Morgan fingerprint density at radius 3 is 2.39 bits per heavy atom. The van der Waals surface area contributed by atoms with Crippen LogP contribution in [0.1, 0.15) is 52.6 Å². The molecule has 0 spiro atoms. The Labute approximate surface area is 223 Å². The zero-order chi connectivity index (χ0) is 25.8. The van der Waals surface area contributed by atoms with E-state index in [2.05, 4.69) is 10.3 Å². The summed E-state index contributed by atoms with van der Waals surface area (Å²) in [5, 5.41) is 19.2. The minimum absolute atomic E-state index is 0.106. The first-order chi connectivity index (χ1) is 17.2. The number of hydrogen-bond donors (Lipinski definition) is 1. The summed E-state index contributed by atoms with van der Waals surface area (Å²) in [5.41, 5.74) is 3.80. The van der Waals surface area contributed by atoms with Crippen LogP contribution in [0.5, 0.6) is 5.75 Å². The van der Waals surface area contributed by atoms with Gasteiger partial charge in [-0.15, -0.1) is 5.10 Å². The summed E-state index contributed by atoms with van der Waals surface area (Å²) in [6.07, 6.45) is 3.63. The van der Waals surface area contributed by atoms with Crippen molar-refractivity contribution in [2.75, 3.05) is 0 Å². The van der Waals surface area contributed by atoms with E-state index < -0.39 is 5.97 Å². The second kappa shape index (κ2) is 11.2. The first kappa shape index (κ1) is 25.8. The molecule has 0 saturated heterocycles. The molecule has 0 fully saturated rings. The van der Waals surface area contributed by atoms with Crippen molar-refractivity contribution in [3.8, 4) is 11.4 Å². The number of carbonyl (C=O) groups is 1. The Morgan fingerprint density at radius 2 is 1.72 bits per heavy atom.